The standard InChI is InChI=1S/C27H34N6O3/c1-18(28)27(35)32-11-9-31(10-12-32)26-6-3-20(15-29-26)23-14-25(33-8-7-19(16-33)17-34)22-5-4-21(36-2)13-24(22)30-23/h3-6,13-15,18-19,34H,7-12,16-17,28H2,1-2H3. The molecule has 2 atom stereocenters. The van der Waals surface area contributed by atoms with Crippen LogP contribution in [0.15, 0.2) is 42.6 Å². The normalized spacial score (nSPS) is 19.1. The number of piperazine rings is 1. The highest BCUT2D eigenvalue weighted by Crippen LogP contribution is 2.35. The molecule has 0 saturated carbocycles. The van der Waals surface area contributed by atoms with E-state index < -0.39 is 6.04 Å². The van der Waals surface area contributed by atoms with Crippen LogP contribution in [0.1, 0.15) is 13.3 Å². The molecule has 2 fully saturated rings. The van der Waals surface area contributed by atoms with Gasteiger partial charge in [0.1, 0.15) is 11.6 Å². The number of aliphatic hydroxyl groups is 1. The van der Waals surface area contributed by atoms with E-state index >= 15 is 0 Å². The third kappa shape index (κ3) is 4.81. The molecule has 0 radical (unpaired) electrons. The number of benzene rings is 1. The van der Waals surface area contributed by atoms with Gasteiger partial charge in [0.05, 0.1) is 24.4 Å². The number of aromatic nitrogens is 2. The molecule has 2 aliphatic heterocycles. The first kappa shape index (κ1) is 24.3. The SMILES string of the molecule is COc1ccc2c(N3CCC(CO)C3)cc(-c3ccc(N4CCN(C(=O)C(C)N)CC4)nc3)nc2c1. The molecule has 190 valence electrons. The van der Waals surface area contributed by atoms with Crippen LogP contribution in [0.5, 0.6) is 5.75 Å². The van der Waals surface area contributed by atoms with E-state index in [1.54, 1.807) is 14.0 Å². The lowest BCUT2D eigenvalue weighted by Crippen LogP contribution is -2.52. The molecule has 0 spiro atoms. The fraction of sp³-hybridized carbons (Fsp3) is 0.444. The zero-order chi connectivity index (χ0) is 25.2. The van der Waals surface area contributed by atoms with Crippen molar-refractivity contribution in [2.45, 2.75) is 19.4 Å². The Morgan fingerprint density at radius 2 is 1.94 bits per heavy atom. The van der Waals surface area contributed by atoms with Crippen molar-refractivity contribution < 1.29 is 14.6 Å². The minimum atomic E-state index is -0.469. The summed E-state index contributed by atoms with van der Waals surface area (Å²) in [4.78, 5) is 28.2. The summed E-state index contributed by atoms with van der Waals surface area (Å²) >= 11 is 0. The molecule has 4 heterocycles. The third-order valence-electron chi connectivity index (χ3n) is 7.23. The summed E-state index contributed by atoms with van der Waals surface area (Å²) < 4.78 is 5.45. The van der Waals surface area contributed by atoms with Crippen molar-refractivity contribution in [2.75, 3.05) is 62.8 Å². The molecule has 3 aromatic rings. The summed E-state index contributed by atoms with van der Waals surface area (Å²) in [6.07, 6.45) is 2.85. The molecule has 1 aromatic carbocycles. The molecule has 9 heteroatoms. The first-order valence-corrected chi connectivity index (χ1v) is 12.6. The van der Waals surface area contributed by atoms with E-state index in [4.69, 9.17) is 20.4 Å². The average molecular weight is 491 g/mol. The van der Waals surface area contributed by atoms with Gasteiger partial charge in [0.25, 0.3) is 0 Å². The number of hydrogen-bond acceptors (Lipinski definition) is 8. The van der Waals surface area contributed by atoms with Gasteiger partial charge in [-0.1, -0.05) is 0 Å². The van der Waals surface area contributed by atoms with Crippen LogP contribution in [0.3, 0.4) is 0 Å². The Hall–Kier alpha value is -3.43. The van der Waals surface area contributed by atoms with Gasteiger partial charge in [0.2, 0.25) is 5.91 Å². The predicted molar refractivity (Wildman–Crippen MR) is 141 cm³/mol. The second-order valence-electron chi connectivity index (χ2n) is 9.70. The van der Waals surface area contributed by atoms with Gasteiger partial charge in [-0.3, -0.25) is 4.79 Å². The number of carbonyl (C=O) groups excluding carboxylic acids is 1. The van der Waals surface area contributed by atoms with E-state index in [1.165, 1.54) is 0 Å². The number of hydrogen-bond donors (Lipinski definition) is 2. The monoisotopic (exact) mass is 490 g/mol. The van der Waals surface area contributed by atoms with Crippen LogP contribution in [0.25, 0.3) is 22.2 Å². The molecule has 0 bridgehead atoms. The van der Waals surface area contributed by atoms with Gasteiger partial charge in [-0.25, -0.2) is 9.97 Å². The first-order valence-electron chi connectivity index (χ1n) is 12.6. The molecule has 5 rings (SSSR count). The predicted octanol–water partition coefficient (Wildman–Crippen LogP) is 2.12. The van der Waals surface area contributed by atoms with E-state index in [-0.39, 0.29) is 12.5 Å². The van der Waals surface area contributed by atoms with Crippen molar-refractivity contribution in [2.24, 2.45) is 11.7 Å². The quantitative estimate of drug-likeness (QED) is 0.541. The number of fused-ring (bicyclic) bond motifs is 1. The molecular weight excluding hydrogens is 456 g/mol. The maximum atomic E-state index is 12.2. The summed E-state index contributed by atoms with van der Waals surface area (Å²) in [5.41, 5.74) is 9.53. The van der Waals surface area contributed by atoms with E-state index in [1.807, 2.05) is 29.3 Å². The van der Waals surface area contributed by atoms with Crippen LogP contribution < -0.4 is 20.3 Å². The molecule has 0 aliphatic carbocycles. The fourth-order valence-corrected chi connectivity index (χ4v) is 5.10. The minimum Gasteiger partial charge on any atom is -0.497 e. The van der Waals surface area contributed by atoms with Gasteiger partial charge in [-0.05, 0) is 43.7 Å². The number of nitrogens with two attached hydrogens (primary N) is 1. The van der Waals surface area contributed by atoms with E-state index in [0.29, 0.717) is 19.0 Å². The smallest absolute Gasteiger partial charge is 0.239 e. The molecule has 2 unspecified atom stereocenters. The van der Waals surface area contributed by atoms with Crippen LogP contribution in [-0.2, 0) is 4.79 Å². The Balaban J connectivity index is 1.40. The highest BCUT2D eigenvalue weighted by molar-refractivity contribution is 5.95. The van der Waals surface area contributed by atoms with Crippen molar-refractivity contribution in [1.29, 1.82) is 0 Å². The second-order valence-corrected chi connectivity index (χ2v) is 9.70. The molecule has 2 aromatic heterocycles. The first-order chi connectivity index (χ1) is 17.5. The number of ether oxygens (including phenoxy) is 1. The topological polar surface area (TPSA) is 108 Å². The zero-order valence-electron chi connectivity index (χ0n) is 20.9. The second kappa shape index (κ2) is 10.3. The van der Waals surface area contributed by atoms with Crippen molar-refractivity contribution in [1.82, 2.24) is 14.9 Å². The van der Waals surface area contributed by atoms with Crippen LogP contribution in [0, 0.1) is 5.92 Å². The molecular formula is C27H34N6O3. The van der Waals surface area contributed by atoms with Gasteiger partial charge in [-0.15, -0.1) is 0 Å². The molecule has 1 amide bonds. The Morgan fingerprint density at radius 3 is 2.58 bits per heavy atom. The average Bonchev–Trinajstić information content (AvgIpc) is 3.41. The Bertz CT molecular complexity index is 1220. The molecule has 9 nitrogen and oxygen atoms in total. The van der Waals surface area contributed by atoms with Gasteiger partial charge in [0.15, 0.2) is 0 Å². The number of amides is 1. The Morgan fingerprint density at radius 1 is 1.14 bits per heavy atom. The molecule has 2 aliphatic rings. The van der Waals surface area contributed by atoms with E-state index in [9.17, 15) is 9.90 Å². The van der Waals surface area contributed by atoms with Crippen molar-refractivity contribution in [3.63, 3.8) is 0 Å². The number of methoxy groups -OCH3 is 1. The summed E-state index contributed by atoms with van der Waals surface area (Å²) in [7, 11) is 1.66. The van der Waals surface area contributed by atoms with Crippen molar-refractivity contribution in [3.05, 3.63) is 42.6 Å². The van der Waals surface area contributed by atoms with Gasteiger partial charge >= 0.3 is 0 Å². The summed E-state index contributed by atoms with van der Waals surface area (Å²) in [6.45, 7) is 6.41. The maximum Gasteiger partial charge on any atom is 0.239 e. The number of carbonyl (C=O) groups is 1. The van der Waals surface area contributed by atoms with Crippen LogP contribution >= 0.6 is 0 Å². The highest BCUT2D eigenvalue weighted by atomic mass is 16.5. The number of nitrogens with zero attached hydrogens (tertiary/aromatic N) is 5. The number of anilines is 2. The molecule has 36 heavy (non-hydrogen) atoms. The highest BCUT2D eigenvalue weighted by Gasteiger charge is 2.25. The Labute approximate surface area is 211 Å². The number of pyridine rings is 2. The van der Waals surface area contributed by atoms with Gasteiger partial charge in [-0.2, -0.15) is 0 Å². The van der Waals surface area contributed by atoms with Crippen LogP contribution in [0.2, 0.25) is 0 Å². The number of aliphatic hydroxyl groups excluding tert-OH is 1. The molecule has 2 saturated heterocycles. The van der Waals surface area contributed by atoms with Gasteiger partial charge < -0.3 is 30.3 Å². The van der Waals surface area contributed by atoms with Crippen LogP contribution in [0.4, 0.5) is 11.5 Å². The molecule has 3 N–H and O–H groups in total. The maximum absolute atomic E-state index is 12.2. The summed E-state index contributed by atoms with van der Waals surface area (Å²) in [6, 6.07) is 11.7. The van der Waals surface area contributed by atoms with Crippen molar-refractivity contribution >= 4 is 28.3 Å². The Kier molecular flexibility index (Phi) is 6.93. The zero-order valence-corrected chi connectivity index (χ0v) is 20.9. The minimum absolute atomic E-state index is 0.00363. The van der Waals surface area contributed by atoms with E-state index in [0.717, 1.165) is 72.0 Å². The van der Waals surface area contributed by atoms with Crippen LogP contribution in [-0.4, -0.2) is 84.9 Å². The fourth-order valence-electron chi connectivity index (χ4n) is 5.10. The third-order valence-corrected chi connectivity index (χ3v) is 7.23. The summed E-state index contributed by atoms with van der Waals surface area (Å²) in [5, 5.41) is 10.7. The van der Waals surface area contributed by atoms with Crippen molar-refractivity contribution in [3.8, 4) is 17.0 Å². The van der Waals surface area contributed by atoms with E-state index in [2.05, 4.69) is 28.0 Å². The van der Waals surface area contributed by atoms with Gasteiger partial charge in [0, 0.05) is 80.7 Å². The summed E-state index contributed by atoms with van der Waals surface area (Å²) in [5.74, 6) is 1.94. The number of rotatable bonds is 6. The largest absolute Gasteiger partial charge is 0.497 e. The lowest BCUT2D eigenvalue weighted by molar-refractivity contribution is -0.132. The lowest BCUT2D eigenvalue weighted by Gasteiger charge is -2.36. The lowest BCUT2D eigenvalue weighted by atomic mass is 10.1.